The van der Waals surface area contributed by atoms with E-state index >= 15 is 0 Å². The van der Waals surface area contributed by atoms with Crippen molar-refractivity contribution in [2.24, 2.45) is 0 Å². The molecule has 2 rings (SSSR count). The summed E-state index contributed by atoms with van der Waals surface area (Å²) in [5.41, 5.74) is -0.819. The third-order valence-corrected chi connectivity index (χ3v) is 2.75. The van der Waals surface area contributed by atoms with Crippen LogP contribution in [0.25, 0.3) is 0 Å². The molecule has 1 aliphatic carbocycles. The molecule has 1 fully saturated rings. The van der Waals surface area contributed by atoms with Crippen molar-refractivity contribution in [2.45, 2.75) is 37.8 Å². The van der Waals surface area contributed by atoms with E-state index in [9.17, 15) is 9.90 Å². The summed E-state index contributed by atoms with van der Waals surface area (Å²) in [7, 11) is 0. The number of hydrogen-bond donors (Lipinski definition) is 2. The second kappa shape index (κ2) is 3.62. The van der Waals surface area contributed by atoms with Crippen molar-refractivity contribution in [1.82, 2.24) is 15.0 Å². The number of rotatable bonds is 3. The van der Waals surface area contributed by atoms with Gasteiger partial charge < -0.3 is 10.2 Å². The van der Waals surface area contributed by atoms with Gasteiger partial charge in [0.05, 0.1) is 18.3 Å². The minimum atomic E-state index is -1.10. The summed E-state index contributed by atoms with van der Waals surface area (Å²) >= 11 is 0. The van der Waals surface area contributed by atoms with E-state index in [2.05, 4.69) is 10.3 Å². The Morgan fingerprint density at radius 3 is 2.73 bits per heavy atom. The van der Waals surface area contributed by atoms with Gasteiger partial charge in [-0.1, -0.05) is 18.1 Å². The molecule has 0 atom stereocenters. The lowest BCUT2D eigenvalue weighted by atomic mass is 10.0. The second-order valence-corrected chi connectivity index (χ2v) is 4.04. The van der Waals surface area contributed by atoms with Gasteiger partial charge in [-0.15, -0.1) is 5.10 Å². The number of carboxylic acid groups (broad SMARTS) is 1. The molecule has 0 amide bonds. The molecule has 0 unspecified atom stereocenters. The molecule has 0 spiro atoms. The van der Waals surface area contributed by atoms with Gasteiger partial charge in [-0.3, -0.25) is 0 Å². The van der Waals surface area contributed by atoms with Crippen molar-refractivity contribution < 1.29 is 15.0 Å². The van der Waals surface area contributed by atoms with Crippen molar-refractivity contribution in [3.8, 4) is 0 Å². The van der Waals surface area contributed by atoms with E-state index in [1.54, 1.807) is 0 Å². The highest BCUT2D eigenvalue weighted by Crippen LogP contribution is 2.30. The van der Waals surface area contributed by atoms with Gasteiger partial charge in [0.2, 0.25) is 0 Å². The van der Waals surface area contributed by atoms with Gasteiger partial charge in [0, 0.05) is 0 Å². The largest absolute Gasteiger partial charge is 0.476 e. The molecule has 15 heavy (non-hydrogen) atoms. The summed E-state index contributed by atoms with van der Waals surface area (Å²) in [6.07, 6.45) is 4.86. The maximum absolute atomic E-state index is 10.6. The Labute approximate surface area is 86.5 Å². The molecule has 0 aromatic carbocycles. The van der Waals surface area contributed by atoms with E-state index in [4.69, 9.17) is 5.11 Å². The summed E-state index contributed by atoms with van der Waals surface area (Å²) in [5, 5.41) is 25.9. The van der Waals surface area contributed by atoms with E-state index < -0.39 is 11.6 Å². The zero-order valence-corrected chi connectivity index (χ0v) is 8.26. The third kappa shape index (κ3) is 2.15. The zero-order valence-electron chi connectivity index (χ0n) is 8.26. The maximum atomic E-state index is 10.6. The Bertz CT molecular complexity index is 368. The van der Waals surface area contributed by atoms with Crippen molar-refractivity contribution in [3.63, 3.8) is 0 Å². The Morgan fingerprint density at radius 2 is 2.20 bits per heavy atom. The number of aromatic nitrogens is 3. The summed E-state index contributed by atoms with van der Waals surface area (Å²) < 4.78 is 1.40. The topological polar surface area (TPSA) is 88.2 Å². The van der Waals surface area contributed by atoms with Crippen LogP contribution in [0.3, 0.4) is 0 Å². The third-order valence-electron chi connectivity index (χ3n) is 2.75. The smallest absolute Gasteiger partial charge is 0.358 e. The zero-order chi connectivity index (χ0) is 10.9. The van der Waals surface area contributed by atoms with Crippen LogP contribution < -0.4 is 0 Å². The minimum Gasteiger partial charge on any atom is -0.476 e. The van der Waals surface area contributed by atoms with Crippen molar-refractivity contribution in [1.29, 1.82) is 0 Å². The van der Waals surface area contributed by atoms with Crippen LogP contribution in [0.4, 0.5) is 0 Å². The highest BCUT2D eigenvalue weighted by atomic mass is 16.4. The van der Waals surface area contributed by atoms with E-state index in [0.29, 0.717) is 6.54 Å². The SMILES string of the molecule is O=C(O)c1cn(CC2(O)CCCC2)nn1. The molecule has 0 saturated heterocycles. The fourth-order valence-electron chi connectivity index (χ4n) is 1.97. The molecule has 6 nitrogen and oxygen atoms in total. The second-order valence-electron chi connectivity index (χ2n) is 4.04. The van der Waals surface area contributed by atoms with Gasteiger partial charge in [-0.25, -0.2) is 9.48 Å². The molecule has 0 bridgehead atoms. The summed E-state index contributed by atoms with van der Waals surface area (Å²) in [5.74, 6) is -1.10. The van der Waals surface area contributed by atoms with Gasteiger partial charge in [0.1, 0.15) is 0 Å². The van der Waals surface area contributed by atoms with Gasteiger partial charge in [0.25, 0.3) is 0 Å². The first-order valence-corrected chi connectivity index (χ1v) is 4.95. The lowest BCUT2D eigenvalue weighted by Crippen LogP contribution is -2.30. The lowest BCUT2D eigenvalue weighted by Gasteiger charge is -2.20. The van der Waals surface area contributed by atoms with Crippen LogP contribution in [0, 0.1) is 0 Å². The Kier molecular flexibility index (Phi) is 2.44. The lowest BCUT2D eigenvalue weighted by molar-refractivity contribution is 0.0259. The van der Waals surface area contributed by atoms with Gasteiger partial charge in [0.15, 0.2) is 5.69 Å². The standard InChI is InChI=1S/C9H13N3O3/c13-8(14)7-5-12(11-10-7)6-9(15)3-1-2-4-9/h5,15H,1-4,6H2,(H,13,14). The minimum absolute atomic E-state index is 0.0865. The quantitative estimate of drug-likeness (QED) is 0.749. The number of carbonyl (C=O) groups is 1. The average Bonchev–Trinajstić information content (AvgIpc) is 2.75. The van der Waals surface area contributed by atoms with Crippen LogP contribution in [0.1, 0.15) is 36.2 Å². The van der Waals surface area contributed by atoms with Crippen molar-refractivity contribution in [3.05, 3.63) is 11.9 Å². The van der Waals surface area contributed by atoms with E-state index in [1.165, 1.54) is 10.9 Å². The van der Waals surface area contributed by atoms with Crippen LogP contribution in [-0.4, -0.2) is 36.8 Å². The fraction of sp³-hybridized carbons (Fsp3) is 0.667. The first-order chi connectivity index (χ1) is 7.09. The summed E-state index contributed by atoms with van der Waals surface area (Å²) in [6, 6.07) is 0. The predicted octanol–water partition coefficient (Wildman–Crippen LogP) is 0.281. The predicted molar refractivity (Wildman–Crippen MR) is 50.4 cm³/mol. The number of aromatic carboxylic acids is 1. The fourth-order valence-corrected chi connectivity index (χ4v) is 1.97. The Morgan fingerprint density at radius 1 is 1.53 bits per heavy atom. The monoisotopic (exact) mass is 211 g/mol. The van der Waals surface area contributed by atoms with Gasteiger partial charge in [-0.2, -0.15) is 0 Å². The van der Waals surface area contributed by atoms with Crippen LogP contribution in [0.15, 0.2) is 6.20 Å². The normalized spacial score (nSPS) is 19.3. The molecule has 0 aliphatic heterocycles. The molecule has 1 aromatic rings. The number of hydrogen-bond acceptors (Lipinski definition) is 4. The molecule has 1 aliphatic rings. The van der Waals surface area contributed by atoms with Crippen LogP contribution in [-0.2, 0) is 6.54 Å². The molecule has 2 N–H and O–H groups in total. The van der Waals surface area contributed by atoms with Crippen LogP contribution >= 0.6 is 0 Å². The van der Waals surface area contributed by atoms with E-state index in [1.807, 2.05) is 0 Å². The van der Waals surface area contributed by atoms with E-state index in [-0.39, 0.29) is 5.69 Å². The number of carboxylic acids is 1. The molecule has 1 saturated carbocycles. The molecule has 0 radical (unpaired) electrons. The highest BCUT2D eigenvalue weighted by Gasteiger charge is 2.32. The molecule has 82 valence electrons. The average molecular weight is 211 g/mol. The number of aliphatic hydroxyl groups is 1. The maximum Gasteiger partial charge on any atom is 0.358 e. The Hall–Kier alpha value is -1.43. The van der Waals surface area contributed by atoms with Gasteiger partial charge in [-0.05, 0) is 12.8 Å². The first-order valence-electron chi connectivity index (χ1n) is 4.95. The first kappa shape index (κ1) is 10.1. The molecule has 6 heteroatoms. The molecular formula is C9H13N3O3. The Balaban J connectivity index is 2.07. The van der Waals surface area contributed by atoms with Crippen molar-refractivity contribution in [2.75, 3.05) is 0 Å². The highest BCUT2D eigenvalue weighted by molar-refractivity contribution is 5.84. The molecule has 1 aromatic heterocycles. The number of nitrogens with zero attached hydrogens (tertiary/aromatic N) is 3. The van der Waals surface area contributed by atoms with Crippen LogP contribution in [0.2, 0.25) is 0 Å². The molecular weight excluding hydrogens is 198 g/mol. The van der Waals surface area contributed by atoms with Crippen molar-refractivity contribution >= 4 is 5.97 Å². The molecule has 1 heterocycles. The van der Waals surface area contributed by atoms with Crippen LogP contribution in [0.5, 0.6) is 0 Å². The van der Waals surface area contributed by atoms with E-state index in [0.717, 1.165) is 25.7 Å². The summed E-state index contributed by atoms with van der Waals surface area (Å²) in [6.45, 7) is 0.327. The summed E-state index contributed by atoms with van der Waals surface area (Å²) in [4.78, 5) is 10.6. The van der Waals surface area contributed by atoms with Gasteiger partial charge >= 0.3 is 5.97 Å².